The van der Waals surface area contributed by atoms with Gasteiger partial charge >= 0.3 is 6.18 Å². The minimum Gasteiger partial charge on any atom is -0.396 e. The first-order chi connectivity index (χ1) is 14.7. The molecule has 31 heavy (non-hydrogen) atoms. The van der Waals surface area contributed by atoms with Crippen LogP contribution in [0.2, 0.25) is 0 Å². The molecule has 0 aliphatic carbocycles. The van der Waals surface area contributed by atoms with Crippen molar-refractivity contribution in [1.29, 1.82) is 0 Å². The first kappa shape index (κ1) is 22.0. The molecule has 162 valence electrons. The van der Waals surface area contributed by atoms with E-state index in [0.717, 1.165) is 12.1 Å². The highest BCUT2D eigenvalue weighted by Gasteiger charge is 2.31. The molecule has 0 atom stereocenters. The van der Waals surface area contributed by atoms with Gasteiger partial charge in [-0.2, -0.15) is 18.2 Å². The van der Waals surface area contributed by atoms with Crippen LogP contribution in [0, 0.1) is 5.82 Å². The zero-order valence-corrected chi connectivity index (χ0v) is 15.8. The fraction of sp³-hybridized carbons (Fsp3) is 0.150. The summed E-state index contributed by atoms with van der Waals surface area (Å²) in [7, 11) is 0. The molecule has 0 aliphatic heterocycles. The van der Waals surface area contributed by atoms with E-state index >= 15 is 0 Å². The van der Waals surface area contributed by atoms with Crippen LogP contribution in [0.4, 0.5) is 17.6 Å². The summed E-state index contributed by atoms with van der Waals surface area (Å²) in [6.45, 7) is -0.145. The Morgan fingerprint density at radius 2 is 1.87 bits per heavy atom. The number of aromatic amines is 1. The van der Waals surface area contributed by atoms with E-state index in [1.807, 2.05) is 0 Å². The van der Waals surface area contributed by atoms with Crippen LogP contribution in [-0.2, 0) is 12.6 Å². The number of aliphatic hydroxyl groups excluding tert-OH is 1. The molecule has 0 saturated heterocycles. The number of aliphatic hydroxyl groups is 1. The number of nitrogens with zero attached hydrogens (tertiary/aromatic N) is 2. The van der Waals surface area contributed by atoms with Crippen LogP contribution < -0.4 is 5.73 Å². The number of fused-ring (bicyclic) bond motifs is 1. The number of hydrogen-bond donors (Lipinski definition) is 3. The number of halogens is 4. The Balaban J connectivity index is 0.000000229. The Bertz CT molecular complexity index is 1180. The molecule has 2 aromatic carbocycles. The number of amides is 1. The van der Waals surface area contributed by atoms with E-state index in [1.165, 1.54) is 36.5 Å². The molecule has 0 spiro atoms. The maximum atomic E-state index is 12.8. The van der Waals surface area contributed by atoms with E-state index < -0.39 is 17.6 Å². The normalized spacial score (nSPS) is 11.3. The Hall–Kier alpha value is -3.73. The molecule has 2 heterocycles. The molecule has 0 fully saturated rings. The summed E-state index contributed by atoms with van der Waals surface area (Å²) >= 11 is 0. The summed E-state index contributed by atoms with van der Waals surface area (Å²) in [5.74, 6) is -0.497. The summed E-state index contributed by atoms with van der Waals surface area (Å²) in [6, 6.07) is 8.49. The quantitative estimate of drug-likeness (QED) is 0.422. The van der Waals surface area contributed by atoms with Gasteiger partial charge < -0.3 is 20.3 Å². The smallest absolute Gasteiger partial charge is 0.396 e. The molecule has 7 nitrogen and oxygen atoms in total. The highest BCUT2D eigenvalue weighted by atomic mass is 19.4. The molecular formula is C20H16F4N4O3. The lowest BCUT2D eigenvalue weighted by atomic mass is 10.1. The summed E-state index contributed by atoms with van der Waals surface area (Å²) in [6.07, 6.45) is -2.69. The molecule has 0 bridgehead atoms. The third-order valence-electron chi connectivity index (χ3n) is 4.17. The van der Waals surface area contributed by atoms with Crippen molar-refractivity contribution >= 4 is 16.8 Å². The molecule has 4 aromatic rings. The molecule has 11 heteroatoms. The second-order valence-electron chi connectivity index (χ2n) is 6.32. The number of benzene rings is 2. The number of aromatic nitrogens is 3. The number of carbonyl (C=O) groups is 1. The second-order valence-corrected chi connectivity index (χ2v) is 6.32. The SMILES string of the molecule is NC(=O)c1ccc(F)cc1.OCCc1nc(-c2c[nH]c3ccc(C(F)(F)F)cc23)no1. The average Bonchev–Trinajstić information content (AvgIpc) is 3.34. The van der Waals surface area contributed by atoms with Crippen molar-refractivity contribution < 1.29 is 32.0 Å². The topological polar surface area (TPSA) is 118 Å². The van der Waals surface area contributed by atoms with E-state index in [4.69, 9.17) is 15.4 Å². The van der Waals surface area contributed by atoms with Crippen molar-refractivity contribution in [2.24, 2.45) is 5.73 Å². The first-order valence-electron chi connectivity index (χ1n) is 8.86. The molecule has 4 N–H and O–H groups in total. The van der Waals surface area contributed by atoms with Crippen molar-refractivity contribution in [2.75, 3.05) is 6.61 Å². The number of primary amides is 1. The first-order valence-corrected chi connectivity index (χ1v) is 8.86. The Labute approximate surface area is 172 Å². The number of hydrogen-bond acceptors (Lipinski definition) is 5. The largest absolute Gasteiger partial charge is 0.416 e. The van der Waals surface area contributed by atoms with Gasteiger partial charge in [0, 0.05) is 28.2 Å². The molecule has 0 radical (unpaired) electrons. The van der Waals surface area contributed by atoms with Crippen LogP contribution in [0.5, 0.6) is 0 Å². The minimum atomic E-state index is -4.41. The Kier molecular flexibility index (Phi) is 6.35. The maximum Gasteiger partial charge on any atom is 0.416 e. The number of nitrogens with two attached hydrogens (primary N) is 1. The van der Waals surface area contributed by atoms with Gasteiger partial charge in [-0.1, -0.05) is 5.16 Å². The summed E-state index contributed by atoms with van der Waals surface area (Å²) < 4.78 is 55.4. The fourth-order valence-electron chi connectivity index (χ4n) is 2.66. The van der Waals surface area contributed by atoms with Crippen molar-refractivity contribution in [3.8, 4) is 11.4 Å². The second kappa shape index (κ2) is 8.96. The predicted molar refractivity (Wildman–Crippen MR) is 102 cm³/mol. The van der Waals surface area contributed by atoms with Gasteiger partial charge in [-0.3, -0.25) is 4.79 Å². The number of H-pyrrole nitrogens is 1. The van der Waals surface area contributed by atoms with Crippen LogP contribution >= 0.6 is 0 Å². The fourth-order valence-corrected chi connectivity index (χ4v) is 2.66. The van der Waals surface area contributed by atoms with Crippen LogP contribution in [0.25, 0.3) is 22.3 Å². The number of nitrogens with one attached hydrogen (secondary N) is 1. The van der Waals surface area contributed by atoms with Gasteiger partial charge in [0.25, 0.3) is 0 Å². The number of rotatable bonds is 4. The lowest BCUT2D eigenvalue weighted by Crippen LogP contribution is -2.10. The molecule has 1 amide bonds. The third-order valence-corrected chi connectivity index (χ3v) is 4.17. The Morgan fingerprint density at radius 1 is 1.16 bits per heavy atom. The van der Waals surface area contributed by atoms with Gasteiger partial charge in [0.15, 0.2) is 0 Å². The average molecular weight is 436 g/mol. The van der Waals surface area contributed by atoms with Gasteiger partial charge in [0.1, 0.15) is 5.82 Å². The van der Waals surface area contributed by atoms with Gasteiger partial charge in [0.2, 0.25) is 17.6 Å². The van der Waals surface area contributed by atoms with Gasteiger partial charge in [-0.15, -0.1) is 0 Å². The minimum absolute atomic E-state index is 0.145. The van der Waals surface area contributed by atoms with Gasteiger partial charge in [-0.05, 0) is 42.5 Å². The summed E-state index contributed by atoms with van der Waals surface area (Å²) in [5.41, 5.74) is 5.45. The molecular weight excluding hydrogens is 420 g/mol. The zero-order valence-electron chi connectivity index (χ0n) is 15.8. The van der Waals surface area contributed by atoms with Gasteiger partial charge in [0.05, 0.1) is 18.6 Å². The molecule has 0 aliphatic rings. The van der Waals surface area contributed by atoms with E-state index in [1.54, 1.807) is 0 Å². The van der Waals surface area contributed by atoms with Crippen LogP contribution in [0.3, 0.4) is 0 Å². The van der Waals surface area contributed by atoms with E-state index in [0.29, 0.717) is 22.0 Å². The standard InChI is InChI=1S/C13H10F3N3O2.C7H6FNO/c14-13(15,16)7-1-2-10-8(5-7)9(6-17-10)12-18-11(3-4-20)21-19-12;8-6-3-1-5(2-4-6)7(9)10/h1-2,5-6,17,20H,3-4H2;1-4H,(H2,9,10). The number of carbonyl (C=O) groups excluding carboxylic acids is 1. The van der Waals surface area contributed by atoms with Crippen molar-refractivity contribution in [3.63, 3.8) is 0 Å². The third kappa shape index (κ3) is 5.25. The predicted octanol–water partition coefficient (Wildman–Crippen LogP) is 3.70. The highest BCUT2D eigenvalue weighted by Crippen LogP contribution is 2.34. The summed E-state index contributed by atoms with van der Waals surface area (Å²) in [5, 5.41) is 12.9. The van der Waals surface area contributed by atoms with E-state index in [-0.39, 0.29) is 30.6 Å². The molecule has 4 rings (SSSR count). The molecule has 0 unspecified atom stereocenters. The monoisotopic (exact) mass is 436 g/mol. The number of alkyl halides is 3. The highest BCUT2D eigenvalue weighted by molar-refractivity contribution is 5.94. The lowest BCUT2D eigenvalue weighted by molar-refractivity contribution is -0.137. The van der Waals surface area contributed by atoms with Gasteiger partial charge in [-0.25, -0.2) is 4.39 Å². The van der Waals surface area contributed by atoms with Crippen molar-refractivity contribution in [2.45, 2.75) is 12.6 Å². The van der Waals surface area contributed by atoms with E-state index in [9.17, 15) is 22.4 Å². The van der Waals surface area contributed by atoms with Crippen LogP contribution in [0.1, 0.15) is 21.8 Å². The molecule has 0 saturated carbocycles. The maximum absolute atomic E-state index is 12.8. The Morgan fingerprint density at radius 3 is 2.48 bits per heavy atom. The zero-order chi connectivity index (χ0) is 22.6. The van der Waals surface area contributed by atoms with E-state index in [2.05, 4.69) is 15.1 Å². The van der Waals surface area contributed by atoms with Crippen molar-refractivity contribution in [3.05, 3.63) is 71.5 Å². The van der Waals surface area contributed by atoms with Crippen LogP contribution in [-0.4, -0.2) is 32.7 Å². The van der Waals surface area contributed by atoms with Crippen LogP contribution in [0.15, 0.2) is 53.2 Å². The summed E-state index contributed by atoms with van der Waals surface area (Å²) in [4.78, 5) is 17.3. The lowest BCUT2D eigenvalue weighted by Gasteiger charge is -2.06. The molecule has 2 aromatic heterocycles. The van der Waals surface area contributed by atoms with Crippen molar-refractivity contribution in [1.82, 2.24) is 15.1 Å².